The van der Waals surface area contributed by atoms with Crippen LogP contribution in [0.5, 0.6) is 5.75 Å². The molecule has 92 valence electrons. The Bertz CT molecular complexity index is 414. The van der Waals surface area contributed by atoms with Crippen LogP contribution in [0.4, 0.5) is 0 Å². The Morgan fingerprint density at radius 3 is 2.71 bits per heavy atom. The molecule has 0 unspecified atom stereocenters. The Hall–Kier alpha value is -1.06. The third kappa shape index (κ3) is 2.99. The zero-order valence-corrected chi connectivity index (χ0v) is 10.7. The van der Waals surface area contributed by atoms with Crippen molar-refractivity contribution in [1.29, 1.82) is 0 Å². The van der Waals surface area contributed by atoms with Gasteiger partial charge in [-0.2, -0.15) is 0 Å². The molecule has 0 spiro atoms. The monoisotopic (exact) mass is 253 g/mol. The van der Waals surface area contributed by atoms with Crippen LogP contribution in [0.25, 0.3) is 0 Å². The minimum absolute atomic E-state index is 0.122. The summed E-state index contributed by atoms with van der Waals surface area (Å²) in [5.41, 5.74) is 0.655. The van der Waals surface area contributed by atoms with E-state index in [2.05, 4.69) is 4.90 Å². The highest BCUT2D eigenvalue weighted by atomic mass is 35.5. The highest BCUT2D eigenvalue weighted by molar-refractivity contribution is 6.32. The molecule has 4 heteroatoms. The predicted molar refractivity (Wildman–Crippen MR) is 68.0 cm³/mol. The van der Waals surface area contributed by atoms with Crippen molar-refractivity contribution < 1.29 is 9.53 Å². The molecule has 1 aromatic rings. The fraction of sp³-hybridized carbons (Fsp3) is 0.462. The Labute approximate surface area is 106 Å². The fourth-order valence-corrected chi connectivity index (χ4v) is 2.33. The average molecular weight is 254 g/mol. The number of likely N-dealkylation sites (tertiary alicyclic amines) is 1. The molecule has 1 aliphatic heterocycles. The third-order valence-electron chi connectivity index (χ3n) is 3.04. The predicted octanol–water partition coefficient (Wildman–Crippen LogP) is 2.63. The smallest absolute Gasteiger partial charge is 0.176 e. The van der Waals surface area contributed by atoms with Gasteiger partial charge in [0.05, 0.1) is 18.7 Å². The Morgan fingerprint density at radius 2 is 2.12 bits per heavy atom. The summed E-state index contributed by atoms with van der Waals surface area (Å²) in [5.74, 6) is 0.723. The highest BCUT2D eigenvalue weighted by Crippen LogP contribution is 2.25. The van der Waals surface area contributed by atoms with Crippen molar-refractivity contribution in [3.8, 4) is 5.75 Å². The van der Waals surface area contributed by atoms with Crippen molar-refractivity contribution in [3.63, 3.8) is 0 Å². The first kappa shape index (κ1) is 12.4. The van der Waals surface area contributed by atoms with Gasteiger partial charge < -0.3 is 4.74 Å². The van der Waals surface area contributed by atoms with Crippen LogP contribution in [-0.2, 0) is 0 Å². The molecule has 0 amide bonds. The number of halogens is 1. The van der Waals surface area contributed by atoms with E-state index in [4.69, 9.17) is 16.3 Å². The van der Waals surface area contributed by atoms with Crippen molar-refractivity contribution >= 4 is 17.4 Å². The number of ether oxygens (including phenoxy) is 1. The lowest BCUT2D eigenvalue weighted by molar-refractivity contribution is 0.0945. The molecule has 0 radical (unpaired) electrons. The number of benzene rings is 1. The number of carbonyl (C=O) groups is 1. The van der Waals surface area contributed by atoms with E-state index in [1.54, 1.807) is 25.3 Å². The van der Waals surface area contributed by atoms with Gasteiger partial charge in [-0.25, -0.2) is 0 Å². The summed E-state index contributed by atoms with van der Waals surface area (Å²) in [7, 11) is 1.56. The molecule has 1 heterocycles. The Kier molecular flexibility index (Phi) is 4.02. The Morgan fingerprint density at radius 1 is 1.41 bits per heavy atom. The van der Waals surface area contributed by atoms with Crippen LogP contribution < -0.4 is 4.74 Å². The molecule has 1 aromatic carbocycles. The van der Waals surface area contributed by atoms with E-state index in [1.165, 1.54) is 12.8 Å². The second-order valence-electron chi connectivity index (χ2n) is 4.26. The maximum Gasteiger partial charge on any atom is 0.176 e. The van der Waals surface area contributed by atoms with Gasteiger partial charge in [-0.15, -0.1) is 0 Å². The number of hydrogen-bond acceptors (Lipinski definition) is 3. The first-order valence-corrected chi connectivity index (χ1v) is 6.17. The summed E-state index contributed by atoms with van der Waals surface area (Å²) in [6.45, 7) is 2.54. The van der Waals surface area contributed by atoms with E-state index < -0.39 is 0 Å². The second-order valence-corrected chi connectivity index (χ2v) is 4.66. The molecule has 0 atom stereocenters. The zero-order valence-electron chi connectivity index (χ0n) is 9.91. The van der Waals surface area contributed by atoms with Crippen LogP contribution in [0.2, 0.25) is 5.02 Å². The van der Waals surface area contributed by atoms with Crippen LogP contribution in [0, 0.1) is 0 Å². The molecular formula is C13H16ClNO2. The van der Waals surface area contributed by atoms with Gasteiger partial charge in [-0.05, 0) is 44.1 Å². The molecular weight excluding hydrogens is 238 g/mol. The van der Waals surface area contributed by atoms with Crippen LogP contribution in [-0.4, -0.2) is 37.4 Å². The summed E-state index contributed by atoms with van der Waals surface area (Å²) in [6, 6.07) is 5.18. The summed E-state index contributed by atoms with van der Waals surface area (Å²) in [5, 5.41) is 0.486. The molecule has 3 nitrogen and oxygen atoms in total. The van der Waals surface area contributed by atoms with E-state index in [0.29, 0.717) is 22.9 Å². The first-order chi connectivity index (χ1) is 8.20. The lowest BCUT2D eigenvalue weighted by Gasteiger charge is -2.13. The zero-order chi connectivity index (χ0) is 12.3. The van der Waals surface area contributed by atoms with Gasteiger partial charge in [0.25, 0.3) is 0 Å². The van der Waals surface area contributed by atoms with Gasteiger partial charge in [-0.1, -0.05) is 11.6 Å². The van der Waals surface area contributed by atoms with E-state index in [9.17, 15) is 4.79 Å². The maximum atomic E-state index is 12.0. The van der Waals surface area contributed by atoms with Crippen LogP contribution >= 0.6 is 11.6 Å². The molecule has 0 saturated carbocycles. The molecule has 1 aliphatic rings. The second kappa shape index (κ2) is 5.52. The Balaban J connectivity index is 2.05. The summed E-state index contributed by atoms with van der Waals surface area (Å²) < 4.78 is 5.06. The number of carbonyl (C=O) groups excluding carboxylic acids is 1. The van der Waals surface area contributed by atoms with Crippen molar-refractivity contribution in [2.75, 3.05) is 26.7 Å². The highest BCUT2D eigenvalue weighted by Gasteiger charge is 2.16. The lowest BCUT2D eigenvalue weighted by atomic mass is 10.1. The SMILES string of the molecule is COc1ccc(C(=O)CN2CCCC2)cc1Cl. The first-order valence-electron chi connectivity index (χ1n) is 5.80. The minimum atomic E-state index is 0.122. The van der Waals surface area contributed by atoms with Crippen molar-refractivity contribution in [3.05, 3.63) is 28.8 Å². The van der Waals surface area contributed by atoms with E-state index in [-0.39, 0.29) is 5.78 Å². The third-order valence-corrected chi connectivity index (χ3v) is 3.34. The number of hydrogen-bond donors (Lipinski definition) is 0. The molecule has 0 aliphatic carbocycles. The summed E-state index contributed by atoms with van der Waals surface area (Å²) >= 11 is 6.00. The molecule has 2 rings (SSSR count). The molecule has 0 bridgehead atoms. The molecule has 17 heavy (non-hydrogen) atoms. The van der Waals surface area contributed by atoms with Gasteiger partial charge in [0.1, 0.15) is 5.75 Å². The molecule has 0 N–H and O–H groups in total. The molecule has 1 saturated heterocycles. The number of nitrogens with zero attached hydrogens (tertiary/aromatic N) is 1. The number of rotatable bonds is 4. The van der Waals surface area contributed by atoms with Crippen molar-refractivity contribution in [1.82, 2.24) is 4.90 Å². The lowest BCUT2D eigenvalue weighted by Crippen LogP contribution is -2.26. The maximum absolute atomic E-state index is 12.0. The van der Waals surface area contributed by atoms with Crippen LogP contribution in [0.15, 0.2) is 18.2 Å². The van der Waals surface area contributed by atoms with Gasteiger partial charge in [0.2, 0.25) is 0 Å². The summed E-state index contributed by atoms with van der Waals surface area (Å²) in [4.78, 5) is 14.2. The topological polar surface area (TPSA) is 29.5 Å². The van der Waals surface area contributed by atoms with Gasteiger partial charge in [-0.3, -0.25) is 9.69 Å². The number of Topliss-reactive ketones (excluding diaryl/α,β-unsaturated/α-hetero) is 1. The largest absolute Gasteiger partial charge is 0.495 e. The quantitative estimate of drug-likeness (QED) is 0.773. The van der Waals surface area contributed by atoms with Crippen molar-refractivity contribution in [2.24, 2.45) is 0 Å². The summed E-state index contributed by atoms with van der Waals surface area (Å²) in [6.07, 6.45) is 2.38. The van der Waals surface area contributed by atoms with E-state index in [0.717, 1.165) is 13.1 Å². The van der Waals surface area contributed by atoms with Gasteiger partial charge >= 0.3 is 0 Å². The minimum Gasteiger partial charge on any atom is -0.495 e. The average Bonchev–Trinajstić information content (AvgIpc) is 2.81. The van der Waals surface area contributed by atoms with Crippen LogP contribution in [0.1, 0.15) is 23.2 Å². The fourth-order valence-electron chi connectivity index (χ4n) is 2.07. The van der Waals surface area contributed by atoms with Crippen LogP contribution in [0.3, 0.4) is 0 Å². The van der Waals surface area contributed by atoms with Gasteiger partial charge in [0.15, 0.2) is 5.78 Å². The van der Waals surface area contributed by atoms with Gasteiger partial charge in [0, 0.05) is 5.56 Å². The molecule has 0 aromatic heterocycles. The van der Waals surface area contributed by atoms with E-state index >= 15 is 0 Å². The number of methoxy groups -OCH3 is 1. The normalized spacial score (nSPS) is 16.1. The standard InChI is InChI=1S/C13H16ClNO2/c1-17-13-5-4-10(8-11(13)14)12(16)9-15-6-2-3-7-15/h4-5,8H,2-3,6-7,9H2,1H3. The van der Waals surface area contributed by atoms with E-state index in [1.807, 2.05) is 0 Å². The molecule has 1 fully saturated rings. The number of ketones is 1. The van der Waals surface area contributed by atoms with Crippen molar-refractivity contribution in [2.45, 2.75) is 12.8 Å².